The predicted molar refractivity (Wildman–Crippen MR) is 169 cm³/mol. The number of aliphatic hydroxyl groups excluding tert-OH is 1. The third kappa shape index (κ3) is 8.82. The van der Waals surface area contributed by atoms with E-state index in [1.165, 1.54) is 33.3 Å². The molecule has 0 amide bonds. The van der Waals surface area contributed by atoms with Crippen LogP contribution in [0.3, 0.4) is 0 Å². The Balaban J connectivity index is 0.000000400. The average Bonchev–Trinajstić information content (AvgIpc) is 2.87. The second kappa shape index (κ2) is 14.2. The minimum Gasteiger partial charge on any atom is -0.512 e. The molecule has 40 heavy (non-hydrogen) atoms. The molecule has 4 rings (SSSR count). The summed E-state index contributed by atoms with van der Waals surface area (Å²) in [5, 5.41) is 11.8. The molecule has 0 saturated heterocycles. The summed E-state index contributed by atoms with van der Waals surface area (Å²) < 4.78 is 0. The first kappa shape index (κ1) is 33.4. The molecule has 1 N–H and O–H groups in total. The van der Waals surface area contributed by atoms with Crippen molar-refractivity contribution in [3.8, 4) is 22.4 Å². The van der Waals surface area contributed by atoms with E-state index in [9.17, 15) is 9.90 Å². The van der Waals surface area contributed by atoms with Crippen LogP contribution in [0, 0.1) is 31.7 Å². The summed E-state index contributed by atoms with van der Waals surface area (Å²) in [6.07, 6.45) is 1.31. The molecule has 0 fully saturated rings. The average molecular weight is 729 g/mol. The zero-order chi connectivity index (χ0) is 28.9. The van der Waals surface area contributed by atoms with Crippen LogP contribution in [-0.4, -0.2) is 23.9 Å². The Morgan fingerprint density at radius 1 is 0.900 bits per heavy atom. The van der Waals surface area contributed by atoms with Gasteiger partial charge in [0, 0.05) is 43.4 Å². The molecular weight excluding hydrogens is 687 g/mol. The molecule has 213 valence electrons. The summed E-state index contributed by atoms with van der Waals surface area (Å²) in [4.78, 5) is 16.1. The standard InChI is InChI=1S/C26H26NSi.C9H16O2.Ir/c1-18-13-19(2)15-21(14-18)25-17-24(20-9-7-6-8-10-20)23-12-11-22(28(3,4)5)16-26(23)27-25;1-6(2)8(10)5-9(11)7(3)4;/h6-14,16-17H,1-5H3;5-7,10H,1-4H3;/q-1;;/b;8-5-;. The van der Waals surface area contributed by atoms with Crippen LogP contribution in [0.1, 0.15) is 38.8 Å². The number of pyridine rings is 1. The Morgan fingerprint density at radius 3 is 2.10 bits per heavy atom. The molecule has 1 heterocycles. The minimum atomic E-state index is -1.41. The molecule has 4 aromatic rings. The van der Waals surface area contributed by atoms with Crippen molar-refractivity contribution < 1.29 is 30.0 Å². The molecule has 0 spiro atoms. The van der Waals surface area contributed by atoms with Crippen LogP contribution < -0.4 is 5.19 Å². The van der Waals surface area contributed by atoms with E-state index in [2.05, 4.69) is 106 Å². The van der Waals surface area contributed by atoms with E-state index in [0.717, 1.165) is 22.3 Å². The van der Waals surface area contributed by atoms with Gasteiger partial charge in [0.05, 0.1) is 19.3 Å². The number of carbonyl (C=O) groups excluding carboxylic acids is 1. The zero-order valence-corrected chi connectivity index (χ0v) is 28.6. The van der Waals surface area contributed by atoms with Crippen LogP contribution in [0.5, 0.6) is 0 Å². The predicted octanol–water partition coefficient (Wildman–Crippen LogP) is 8.84. The van der Waals surface area contributed by atoms with Crippen LogP contribution in [-0.2, 0) is 24.9 Å². The van der Waals surface area contributed by atoms with E-state index in [4.69, 9.17) is 4.98 Å². The molecule has 1 radical (unpaired) electrons. The Labute approximate surface area is 255 Å². The Bertz CT molecular complexity index is 1460. The van der Waals surface area contributed by atoms with Gasteiger partial charge >= 0.3 is 0 Å². The summed E-state index contributed by atoms with van der Waals surface area (Å²) in [6, 6.07) is 27.5. The van der Waals surface area contributed by atoms with Crippen molar-refractivity contribution in [1.29, 1.82) is 0 Å². The third-order valence-electron chi connectivity index (χ3n) is 6.64. The van der Waals surface area contributed by atoms with Gasteiger partial charge in [-0.25, -0.2) is 0 Å². The van der Waals surface area contributed by atoms with Crippen LogP contribution in [0.2, 0.25) is 19.6 Å². The largest absolute Gasteiger partial charge is 0.512 e. The smallest absolute Gasteiger partial charge is 0.161 e. The molecule has 3 aromatic carbocycles. The molecule has 0 aliphatic carbocycles. The van der Waals surface area contributed by atoms with Gasteiger partial charge in [-0.3, -0.25) is 9.78 Å². The van der Waals surface area contributed by atoms with Gasteiger partial charge < -0.3 is 5.11 Å². The summed E-state index contributed by atoms with van der Waals surface area (Å²) in [5.41, 5.74) is 7.97. The number of aryl methyl sites for hydroxylation is 2. The summed E-state index contributed by atoms with van der Waals surface area (Å²) in [7, 11) is -1.41. The Kier molecular flexibility index (Phi) is 11.8. The molecule has 1 aromatic heterocycles. The fraction of sp³-hybridized carbons (Fsp3) is 0.314. The zero-order valence-electron chi connectivity index (χ0n) is 25.2. The number of aromatic nitrogens is 1. The van der Waals surface area contributed by atoms with Crippen molar-refractivity contribution in [3.05, 3.63) is 95.8 Å². The van der Waals surface area contributed by atoms with Crippen LogP contribution in [0.15, 0.2) is 78.6 Å². The number of carbonyl (C=O) groups is 1. The SMILES string of the molecule is CC(C)C(=O)/C=C(\O)C(C)C.Cc1[c-]c(-c2cc(-c3ccccc3)c3ccc([Si](C)(C)C)cc3n2)cc(C)c1.[Ir]. The van der Waals surface area contributed by atoms with Gasteiger partial charge in [-0.15, -0.1) is 34.9 Å². The van der Waals surface area contributed by atoms with Crippen LogP contribution in [0.4, 0.5) is 0 Å². The first-order valence-corrected chi connectivity index (χ1v) is 17.2. The molecule has 0 aliphatic rings. The number of fused-ring (bicyclic) bond motifs is 1. The number of ketones is 1. The van der Waals surface area contributed by atoms with Crippen molar-refractivity contribution in [3.63, 3.8) is 0 Å². The molecule has 5 heteroatoms. The van der Waals surface area contributed by atoms with Crippen molar-refractivity contribution in [1.82, 2.24) is 4.98 Å². The van der Waals surface area contributed by atoms with E-state index < -0.39 is 8.07 Å². The van der Waals surface area contributed by atoms with Crippen molar-refractivity contribution >= 4 is 29.9 Å². The molecule has 0 bridgehead atoms. The van der Waals surface area contributed by atoms with Crippen molar-refractivity contribution in [2.45, 2.75) is 61.2 Å². The molecular formula is C35H42IrNO2Si-. The van der Waals surface area contributed by atoms with E-state index in [1.54, 1.807) is 0 Å². The summed E-state index contributed by atoms with van der Waals surface area (Å²) in [6.45, 7) is 18.7. The fourth-order valence-corrected chi connectivity index (χ4v) is 5.36. The van der Waals surface area contributed by atoms with Gasteiger partial charge in [-0.2, -0.15) is 0 Å². The maximum absolute atomic E-state index is 11.0. The first-order chi connectivity index (χ1) is 18.3. The van der Waals surface area contributed by atoms with Gasteiger partial charge in [0.15, 0.2) is 5.78 Å². The second-order valence-corrected chi connectivity index (χ2v) is 17.0. The van der Waals surface area contributed by atoms with E-state index in [0.29, 0.717) is 0 Å². The van der Waals surface area contributed by atoms with Crippen LogP contribution in [0.25, 0.3) is 33.3 Å². The van der Waals surface area contributed by atoms with E-state index in [1.807, 2.05) is 27.7 Å². The Morgan fingerprint density at radius 2 is 1.55 bits per heavy atom. The van der Waals surface area contributed by atoms with Gasteiger partial charge in [0.1, 0.15) is 0 Å². The van der Waals surface area contributed by atoms with Crippen molar-refractivity contribution in [2.24, 2.45) is 11.8 Å². The normalized spacial score (nSPS) is 11.7. The van der Waals surface area contributed by atoms with Crippen LogP contribution >= 0.6 is 0 Å². The van der Waals surface area contributed by atoms with E-state index in [-0.39, 0.29) is 43.5 Å². The molecule has 0 saturated carbocycles. The maximum Gasteiger partial charge on any atom is 0.161 e. The van der Waals surface area contributed by atoms with Gasteiger partial charge in [-0.05, 0) is 22.9 Å². The second-order valence-electron chi connectivity index (χ2n) is 11.9. The number of rotatable bonds is 6. The minimum absolute atomic E-state index is 0. The first-order valence-electron chi connectivity index (χ1n) is 13.7. The topological polar surface area (TPSA) is 50.2 Å². The number of benzene rings is 3. The van der Waals surface area contributed by atoms with Crippen molar-refractivity contribution in [2.75, 3.05) is 0 Å². The molecule has 3 nitrogen and oxygen atoms in total. The number of hydrogen-bond acceptors (Lipinski definition) is 3. The quantitative estimate of drug-likeness (QED) is 0.0935. The molecule has 0 aliphatic heterocycles. The third-order valence-corrected chi connectivity index (χ3v) is 8.68. The van der Waals surface area contributed by atoms with Gasteiger partial charge in [-0.1, -0.05) is 115 Å². The number of hydrogen-bond donors (Lipinski definition) is 1. The Hall–Kier alpha value is -2.85. The van der Waals surface area contributed by atoms with Gasteiger partial charge in [0.25, 0.3) is 0 Å². The van der Waals surface area contributed by atoms with Gasteiger partial charge in [0.2, 0.25) is 0 Å². The summed E-state index contributed by atoms with van der Waals surface area (Å²) >= 11 is 0. The summed E-state index contributed by atoms with van der Waals surface area (Å²) in [5.74, 6) is 0.161. The monoisotopic (exact) mass is 729 g/mol. The molecule has 0 unspecified atom stereocenters. The number of allylic oxidation sites excluding steroid dienone is 2. The maximum atomic E-state index is 11.0. The number of aliphatic hydroxyl groups is 1. The number of nitrogens with zero attached hydrogens (tertiary/aromatic N) is 1. The fourth-order valence-electron chi connectivity index (χ4n) is 4.20. The van der Waals surface area contributed by atoms with E-state index >= 15 is 0 Å². The molecule has 0 atom stereocenters.